The summed E-state index contributed by atoms with van der Waals surface area (Å²) in [5.41, 5.74) is 3.33. The third-order valence-corrected chi connectivity index (χ3v) is 3.89. The van der Waals surface area contributed by atoms with Crippen LogP contribution in [0.1, 0.15) is 24.1 Å². The molecule has 3 rings (SSSR count). The fourth-order valence-electron chi connectivity index (χ4n) is 2.74. The van der Waals surface area contributed by atoms with Gasteiger partial charge in [0, 0.05) is 29.5 Å². The first-order chi connectivity index (χ1) is 10.6. The first kappa shape index (κ1) is 14.3. The first-order valence-electron chi connectivity index (χ1n) is 7.39. The summed E-state index contributed by atoms with van der Waals surface area (Å²) in [6.07, 6.45) is 5.50. The second kappa shape index (κ2) is 6.02. The van der Waals surface area contributed by atoms with Crippen LogP contribution in [0.15, 0.2) is 55.0 Å². The standard InChI is InChI=1S/C18H19N3O/c1-13-11-21(17-6-4-3-5-16(13)17)12-18(22)20-14(2)15-7-9-19-10-8-15/h3-11,14H,12H2,1-2H3,(H,20,22)/t14-/m1/s1. The minimum atomic E-state index is -0.0292. The molecule has 0 aliphatic rings. The van der Waals surface area contributed by atoms with E-state index in [4.69, 9.17) is 0 Å². The van der Waals surface area contributed by atoms with Crippen molar-refractivity contribution in [3.05, 3.63) is 66.1 Å². The van der Waals surface area contributed by atoms with E-state index in [-0.39, 0.29) is 11.9 Å². The van der Waals surface area contributed by atoms with E-state index < -0.39 is 0 Å². The zero-order valence-corrected chi connectivity index (χ0v) is 12.8. The summed E-state index contributed by atoms with van der Waals surface area (Å²) < 4.78 is 2.00. The number of nitrogens with one attached hydrogen (secondary N) is 1. The van der Waals surface area contributed by atoms with Gasteiger partial charge in [0.15, 0.2) is 0 Å². The van der Waals surface area contributed by atoms with E-state index in [0.717, 1.165) is 11.1 Å². The molecule has 1 amide bonds. The lowest BCUT2D eigenvalue weighted by Crippen LogP contribution is -2.29. The van der Waals surface area contributed by atoms with Crippen LogP contribution < -0.4 is 5.32 Å². The molecule has 2 heterocycles. The molecule has 2 aromatic heterocycles. The van der Waals surface area contributed by atoms with Crippen LogP contribution in [0.3, 0.4) is 0 Å². The quantitative estimate of drug-likeness (QED) is 0.803. The number of carbonyl (C=O) groups excluding carboxylic acids is 1. The number of rotatable bonds is 4. The minimum Gasteiger partial charge on any atom is -0.348 e. The molecule has 1 aromatic carbocycles. The van der Waals surface area contributed by atoms with Crippen molar-refractivity contribution in [1.82, 2.24) is 14.9 Å². The number of hydrogen-bond acceptors (Lipinski definition) is 2. The van der Waals surface area contributed by atoms with E-state index in [1.807, 2.05) is 48.0 Å². The van der Waals surface area contributed by atoms with Crippen molar-refractivity contribution in [2.24, 2.45) is 0 Å². The Labute approximate surface area is 129 Å². The lowest BCUT2D eigenvalue weighted by Gasteiger charge is -2.14. The number of pyridine rings is 1. The number of aromatic nitrogens is 2. The fraction of sp³-hybridized carbons (Fsp3) is 0.222. The molecule has 1 atom stereocenters. The predicted octanol–water partition coefficient (Wildman–Crippen LogP) is 3.22. The molecule has 0 aliphatic carbocycles. The summed E-state index contributed by atoms with van der Waals surface area (Å²) in [5.74, 6) is 0.00469. The Hall–Kier alpha value is -2.62. The van der Waals surface area contributed by atoms with E-state index in [2.05, 4.69) is 23.3 Å². The van der Waals surface area contributed by atoms with Crippen molar-refractivity contribution in [3.8, 4) is 0 Å². The molecule has 22 heavy (non-hydrogen) atoms. The summed E-state index contributed by atoms with van der Waals surface area (Å²) in [4.78, 5) is 16.3. The monoisotopic (exact) mass is 293 g/mol. The van der Waals surface area contributed by atoms with E-state index in [9.17, 15) is 4.79 Å². The highest BCUT2D eigenvalue weighted by molar-refractivity contribution is 5.86. The second-order valence-corrected chi connectivity index (χ2v) is 5.53. The van der Waals surface area contributed by atoms with Gasteiger partial charge in [-0.05, 0) is 43.2 Å². The number of benzene rings is 1. The highest BCUT2D eigenvalue weighted by atomic mass is 16.2. The Bertz CT molecular complexity index is 792. The zero-order valence-electron chi connectivity index (χ0n) is 12.8. The SMILES string of the molecule is Cc1cn(CC(=O)N[C@H](C)c2ccncc2)c2ccccc12. The maximum atomic E-state index is 12.3. The number of para-hydroxylation sites is 1. The molecule has 0 bridgehead atoms. The van der Waals surface area contributed by atoms with Crippen LogP contribution in [0.5, 0.6) is 0 Å². The van der Waals surface area contributed by atoms with Crippen LogP contribution in [-0.2, 0) is 11.3 Å². The first-order valence-corrected chi connectivity index (χ1v) is 7.39. The maximum Gasteiger partial charge on any atom is 0.240 e. The number of fused-ring (bicyclic) bond motifs is 1. The van der Waals surface area contributed by atoms with Gasteiger partial charge in [-0.3, -0.25) is 9.78 Å². The Morgan fingerprint density at radius 2 is 1.95 bits per heavy atom. The minimum absolute atomic E-state index is 0.00469. The van der Waals surface area contributed by atoms with E-state index in [1.54, 1.807) is 12.4 Å². The summed E-state index contributed by atoms with van der Waals surface area (Å²) in [7, 11) is 0. The average molecular weight is 293 g/mol. The molecular weight excluding hydrogens is 274 g/mol. The van der Waals surface area contributed by atoms with Crippen LogP contribution in [-0.4, -0.2) is 15.5 Å². The van der Waals surface area contributed by atoms with Crippen molar-refractivity contribution in [3.63, 3.8) is 0 Å². The van der Waals surface area contributed by atoms with E-state index in [1.165, 1.54) is 10.9 Å². The van der Waals surface area contributed by atoms with Crippen LogP contribution in [0.2, 0.25) is 0 Å². The van der Waals surface area contributed by atoms with Crippen molar-refractivity contribution < 1.29 is 4.79 Å². The molecule has 0 saturated carbocycles. The number of amides is 1. The van der Waals surface area contributed by atoms with Crippen LogP contribution in [0, 0.1) is 6.92 Å². The largest absolute Gasteiger partial charge is 0.348 e. The van der Waals surface area contributed by atoms with Crippen molar-refractivity contribution >= 4 is 16.8 Å². The Kier molecular flexibility index (Phi) is 3.92. The van der Waals surface area contributed by atoms with Gasteiger partial charge in [0.25, 0.3) is 0 Å². The van der Waals surface area contributed by atoms with Crippen LogP contribution >= 0.6 is 0 Å². The van der Waals surface area contributed by atoms with Gasteiger partial charge < -0.3 is 9.88 Å². The number of nitrogens with zero attached hydrogens (tertiary/aromatic N) is 2. The van der Waals surface area contributed by atoms with Crippen molar-refractivity contribution in [1.29, 1.82) is 0 Å². The normalized spacial score (nSPS) is 12.3. The molecule has 0 spiro atoms. The lowest BCUT2D eigenvalue weighted by atomic mass is 10.1. The molecule has 4 nitrogen and oxygen atoms in total. The molecule has 0 saturated heterocycles. The molecule has 1 N–H and O–H groups in total. The predicted molar refractivity (Wildman–Crippen MR) is 87.5 cm³/mol. The summed E-state index contributed by atoms with van der Waals surface area (Å²) in [6.45, 7) is 4.37. The van der Waals surface area contributed by atoms with E-state index in [0.29, 0.717) is 6.54 Å². The third-order valence-electron chi connectivity index (χ3n) is 3.89. The lowest BCUT2D eigenvalue weighted by molar-refractivity contribution is -0.122. The highest BCUT2D eigenvalue weighted by Crippen LogP contribution is 2.20. The summed E-state index contributed by atoms with van der Waals surface area (Å²) in [5, 5.41) is 4.22. The molecule has 0 aliphatic heterocycles. The van der Waals surface area contributed by atoms with Crippen molar-refractivity contribution in [2.75, 3.05) is 0 Å². The Morgan fingerprint density at radius 1 is 1.23 bits per heavy atom. The van der Waals surface area contributed by atoms with E-state index >= 15 is 0 Å². The highest BCUT2D eigenvalue weighted by Gasteiger charge is 2.12. The maximum absolute atomic E-state index is 12.3. The van der Waals surface area contributed by atoms with Gasteiger partial charge in [0.05, 0.1) is 6.04 Å². The Morgan fingerprint density at radius 3 is 2.73 bits per heavy atom. The molecule has 0 radical (unpaired) electrons. The van der Waals surface area contributed by atoms with Crippen LogP contribution in [0.25, 0.3) is 10.9 Å². The van der Waals surface area contributed by atoms with Crippen LogP contribution in [0.4, 0.5) is 0 Å². The number of aryl methyl sites for hydroxylation is 1. The van der Waals surface area contributed by atoms with Gasteiger partial charge in [0.2, 0.25) is 5.91 Å². The molecular formula is C18H19N3O. The van der Waals surface area contributed by atoms with Gasteiger partial charge in [-0.25, -0.2) is 0 Å². The topological polar surface area (TPSA) is 46.9 Å². The summed E-state index contributed by atoms with van der Waals surface area (Å²) >= 11 is 0. The van der Waals surface area contributed by atoms with Gasteiger partial charge >= 0.3 is 0 Å². The van der Waals surface area contributed by atoms with Gasteiger partial charge in [-0.1, -0.05) is 18.2 Å². The van der Waals surface area contributed by atoms with Crippen molar-refractivity contribution in [2.45, 2.75) is 26.4 Å². The summed E-state index contributed by atoms with van der Waals surface area (Å²) in [6, 6.07) is 11.9. The van der Waals surface area contributed by atoms with Gasteiger partial charge in [-0.2, -0.15) is 0 Å². The molecule has 112 valence electrons. The number of carbonyl (C=O) groups is 1. The zero-order chi connectivity index (χ0) is 15.5. The smallest absolute Gasteiger partial charge is 0.240 e. The molecule has 0 fully saturated rings. The Balaban J connectivity index is 1.74. The molecule has 4 heteroatoms. The number of hydrogen-bond donors (Lipinski definition) is 1. The second-order valence-electron chi connectivity index (χ2n) is 5.53. The molecule has 0 unspecified atom stereocenters. The third kappa shape index (κ3) is 2.86. The van der Waals surface area contributed by atoms with Gasteiger partial charge in [-0.15, -0.1) is 0 Å². The fourth-order valence-corrected chi connectivity index (χ4v) is 2.74. The molecule has 3 aromatic rings. The van der Waals surface area contributed by atoms with Gasteiger partial charge in [0.1, 0.15) is 6.54 Å². The average Bonchev–Trinajstić information content (AvgIpc) is 2.85.